The number of aliphatic hydroxyl groups is 2. The van der Waals surface area contributed by atoms with Gasteiger partial charge in [-0.2, -0.15) is 0 Å². The van der Waals surface area contributed by atoms with Gasteiger partial charge in [0.1, 0.15) is 0 Å². The third-order valence-corrected chi connectivity index (χ3v) is 3.14. The first-order valence-electron chi connectivity index (χ1n) is 5.70. The lowest BCUT2D eigenvalue weighted by Gasteiger charge is -2.07. The summed E-state index contributed by atoms with van der Waals surface area (Å²) in [5.74, 6) is 0.515. The second kappa shape index (κ2) is 6.08. The number of rotatable bonds is 5. The highest BCUT2D eigenvalue weighted by atomic mass is 16.3. The first-order valence-corrected chi connectivity index (χ1v) is 5.70. The fourth-order valence-electron chi connectivity index (χ4n) is 2.17. The van der Waals surface area contributed by atoms with Crippen LogP contribution >= 0.6 is 0 Å². The van der Waals surface area contributed by atoms with Crippen molar-refractivity contribution < 1.29 is 15.0 Å². The number of nitrogens with one attached hydrogen (secondary N) is 1. The van der Waals surface area contributed by atoms with Crippen LogP contribution in [0.3, 0.4) is 0 Å². The van der Waals surface area contributed by atoms with Crippen molar-refractivity contribution in [3.8, 4) is 0 Å². The van der Waals surface area contributed by atoms with Crippen LogP contribution in [0.2, 0.25) is 0 Å². The lowest BCUT2D eigenvalue weighted by atomic mass is 9.99. The molecule has 1 aliphatic carbocycles. The molecule has 3 atom stereocenters. The fraction of sp³-hybridized carbons (Fsp3) is 0.909. The van der Waals surface area contributed by atoms with E-state index in [0.717, 1.165) is 19.3 Å². The van der Waals surface area contributed by atoms with Crippen LogP contribution in [-0.2, 0) is 4.79 Å². The molecule has 1 saturated carbocycles. The van der Waals surface area contributed by atoms with Gasteiger partial charge in [0, 0.05) is 13.5 Å². The maximum Gasteiger partial charge on any atom is 0.219 e. The molecule has 1 unspecified atom stereocenters. The third kappa shape index (κ3) is 4.18. The molecule has 4 nitrogen and oxygen atoms in total. The summed E-state index contributed by atoms with van der Waals surface area (Å²) < 4.78 is 0. The van der Waals surface area contributed by atoms with E-state index in [1.165, 1.54) is 0 Å². The van der Waals surface area contributed by atoms with Crippen molar-refractivity contribution in [2.45, 2.75) is 50.7 Å². The minimum atomic E-state index is -0.533. The van der Waals surface area contributed by atoms with Gasteiger partial charge in [0.25, 0.3) is 0 Å². The predicted molar refractivity (Wildman–Crippen MR) is 57.3 cm³/mol. The average Bonchev–Trinajstić information content (AvgIpc) is 2.53. The van der Waals surface area contributed by atoms with E-state index in [1.807, 2.05) is 0 Å². The summed E-state index contributed by atoms with van der Waals surface area (Å²) in [6.07, 6.45) is 3.82. The van der Waals surface area contributed by atoms with Crippen LogP contribution in [0.1, 0.15) is 38.5 Å². The number of carbonyl (C=O) groups is 1. The minimum absolute atomic E-state index is 0.0847. The second-order valence-electron chi connectivity index (χ2n) is 4.39. The number of aliphatic hydroxyl groups excluding tert-OH is 2. The molecule has 1 amide bonds. The van der Waals surface area contributed by atoms with Crippen molar-refractivity contribution in [3.05, 3.63) is 0 Å². The summed E-state index contributed by atoms with van der Waals surface area (Å²) in [5.41, 5.74) is 0. The molecule has 0 radical (unpaired) electrons. The zero-order valence-electron chi connectivity index (χ0n) is 9.28. The van der Waals surface area contributed by atoms with Gasteiger partial charge in [-0.3, -0.25) is 4.79 Å². The molecule has 0 spiro atoms. The van der Waals surface area contributed by atoms with Crippen LogP contribution < -0.4 is 5.32 Å². The average molecular weight is 215 g/mol. The summed E-state index contributed by atoms with van der Waals surface area (Å²) in [6.45, 7) is 0. The van der Waals surface area contributed by atoms with Crippen molar-refractivity contribution in [1.29, 1.82) is 0 Å². The van der Waals surface area contributed by atoms with Crippen molar-refractivity contribution >= 4 is 5.91 Å². The van der Waals surface area contributed by atoms with Crippen molar-refractivity contribution in [3.63, 3.8) is 0 Å². The highest BCUT2D eigenvalue weighted by Crippen LogP contribution is 2.30. The number of carbonyl (C=O) groups excluding carboxylic acids is 1. The van der Waals surface area contributed by atoms with Gasteiger partial charge >= 0.3 is 0 Å². The Hall–Kier alpha value is -0.610. The van der Waals surface area contributed by atoms with Gasteiger partial charge in [0.05, 0.1) is 12.2 Å². The molecular weight excluding hydrogens is 194 g/mol. The molecule has 0 heterocycles. The molecule has 0 aliphatic heterocycles. The van der Waals surface area contributed by atoms with E-state index in [9.17, 15) is 15.0 Å². The Balaban J connectivity index is 2.04. The van der Waals surface area contributed by atoms with E-state index in [-0.39, 0.29) is 5.91 Å². The van der Waals surface area contributed by atoms with Gasteiger partial charge in [-0.15, -0.1) is 0 Å². The van der Waals surface area contributed by atoms with Crippen LogP contribution in [0.25, 0.3) is 0 Å². The molecule has 0 aromatic carbocycles. The van der Waals surface area contributed by atoms with Gasteiger partial charge in [-0.1, -0.05) is 12.8 Å². The Kier molecular flexibility index (Phi) is 5.05. The van der Waals surface area contributed by atoms with E-state index in [2.05, 4.69) is 5.32 Å². The second-order valence-corrected chi connectivity index (χ2v) is 4.39. The molecule has 88 valence electrons. The molecule has 4 heteroatoms. The Morgan fingerprint density at radius 3 is 2.40 bits per heavy atom. The Bertz CT molecular complexity index is 198. The molecule has 1 aliphatic rings. The zero-order chi connectivity index (χ0) is 11.3. The molecule has 1 fully saturated rings. The highest BCUT2D eigenvalue weighted by molar-refractivity contribution is 5.75. The van der Waals surface area contributed by atoms with Crippen LogP contribution in [0, 0.1) is 5.92 Å². The minimum Gasteiger partial charge on any atom is -0.390 e. The quantitative estimate of drug-likeness (QED) is 0.582. The Labute approximate surface area is 90.7 Å². The van der Waals surface area contributed by atoms with E-state index < -0.39 is 12.2 Å². The van der Waals surface area contributed by atoms with E-state index >= 15 is 0 Å². The summed E-state index contributed by atoms with van der Waals surface area (Å²) in [4.78, 5) is 10.9. The molecular formula is C11H21NO3. The summed E-state index contributed by atoms with van der Waals surface area (Å²) >= 11 is 0. The summed E-state index contributed by atoms with van der Waals surface area (Å²) in [6, 6.07) is 0. The molecule has 0 bridgehead atoms. The van der Waals surface area contributed by atoms with E-state index in [0.29, 0.717) is 25.2 Å². The van der Waals surface area contributed by atoms with Crippen LogP contribution in [-0.4, -0.2) is 35.4 Å². The summed E-state index contributed by atoms with van der Waals surface area (Å²) in [5, 5.41) is 21.3. The van der Waals surface area contributed by atoms with E-state index in [1.54, 1.807) is 7.05 Å². The molecule has 0 saturated heterocycles. The fourth-order valence-corrected chi connectivity index (χ4v) is 2.17. The monoisotopic (exact) mass is 215 g/mol. The number of unbranched alkanes of at least 4 members (excludes halogenated alkanes) is 1. The Morgan fingerprint density at radius 2 is 1.87 bits per heavy atom. The number of hydrogen-bond acceptors (Lipinski definition) is 3. The molecule has 0 aromatic heterocycles. The molecule has 3 N–H and O–H groups in total. The molecule has 15 heavy (non-hydrogen) atoms. The van der Waals surface area contributed by atoms with Gasteiger partial charge in [-0.05, 0) is 25.2 Å². The van der Waals surface area contributed by atoms with Crippen molar-refractivity contribution in [2.75, 3.05) is 7.05 Å². The first-order chi connectivity index (χ1) is 7.13. The SMILES string of the molecule is CNC(=O)CCCCC1C[C@@H](O)[C@@H](O)C1. The predicted octanol–water partition coefficient (Wildman–Crippen LogP) is 0.425. The zero-order valence-corrected chi connectivity index (χ0v) is 9.28. The lowest BCUT2D eigenvalue weighted by molar-refractivity contribution is -0.120. The normalized spacial score (nSPS) is 30.5. The van der Waals surface area contributed by atoms with Crippen LogP contribution in [0.15, 0.2) is 0 Å². The van der Waals surface area contributed by atoms with Gasteiger partial charge < -0.3 is 15.5 Å². The van der Waals surface area contributed by atoms with Gasteiger partial charge in [0.15, 0.2) is 0 Å². The number of hydrogen-bond donors (Lipinski definition) is 3. The number of amides is 1. The van der Waals surface area contributed by atoms with Crippen molar-refractivity contribution in [1.82, 2.24) is 5.32 Å². The maximum absolute atomic E-state index is 10.9. The van der Waals surface area contributed by atoms with Gasteiger partial charge in [0.2, 0.25) is 5.91 Å². The van der Waals surface area contributed by atoms with Gasteiger partial charge in [-0.25, -0.2) is 0 Å². The Morgan fingerprint density at radius 1 is 1.27 bits per heavy atom. The third-order valence-electron chi connectivity index (χ3n) is 3.14. The highest BCUT2D eigenvalue weighted by Gasteiger charge is 2.30. The summed E-state index contributed by atoms with van der Waals surface area (Å²) in [7, 11) is 1.64. The molecule has 0 aromatic rings. The lowest BCUT2D eigenvalue weighted by Crippen LogP contribution is -2.17. The van der Waals surface area contributed by atoms with Crippen molar-refractivity contribution in [2.24, 2.45) is 5.92 Å². The maximum atomic E-state index is 10.9. The largest absolute Gasteiger partial charge is 0.390 e. The van der Waals surface area contributed by atoms with Crippen LogP contribution in [0.4, 0.5) is 0 Å². The van der Waals surface area contributed by atoms with Crippen LogP contribution in [0.5, 0.6) is 0 Å². The standard InChI is InChI=1S/C11H21NO3/c1-12-11(15)5-3-2-4-8-6-9(13)10(14)7-8/h8-10,13-14H,2-7H2,1H3,(H,12,15)/t8?,9-,10+. The van der Waals surface area contributed by atoms with E-state index in [4.69, 9.17) is 0 Å². The first kappa shape index (κ1) is 12.5. The smallest absolute Gasteiger partial charge is 0.219 e. The molecule has 1 rings (SSSR count). The topological polar surface area (TPSA) is 69.6 Å².